The van der Waals surface area contributed by atoms with E-state index in [9.17, 15) is 0 Å². The molecule has 0 atom stereocenters. The highest BCUT2D eigenvalue weighted by atomic mass is 35.5. The molecule has 0 bridgehead atoms. The number of aryl methyl sites for hydroxylation is 3. The van der Waals surface area contributed by atoms with E-state index in [1.165, 1.54) is 41.5 Å². The second kappa shape index (κ2) is 5.26. The van der Waals surface area contributed by atoms with Gasteiger partial charge >= 0.3 is 0 Å². The molecule has 0 aliphatic heterocycles. The molecule has 0 radical (unpaired) electrons. The molecule has 1 nitrogen and oxygen atoms in total. The van der Waals surface area contributed by atoms with E-state index in [1.54, 1.807) is 0 Å². The van der Waals surface area contributed by atoms with Crippen LogP contribution >= 0.6 is 11.6 Å². The van der Waals surface area contributed by atoms with E-state index in [1.807, 2.05) is 12.1 Å². The van der Waals surface area contributed by atoms with Crippen molar-refractivity contribution in [2.24, 2.45) is 0 Å². The third-order valence-electron chi connectivity index (χ3n) is 3.77. The Labute approximate surface area is 119 Å². The molecule has 0 saturated carbocycles. The topological polar surface area (TPSA) is 12.0 Å². The fraction of sp³-hybridized carbons (Fsp3) is 0.294. The summed E-state index contributed by atoms with van der Waals surface area (Å²) < 4.78 is 0. The molecule has 0 saturated heterocycles. The fourth-order valence-corrected chi connectivity index (χ4v) is 3.00. The lowest BCUT2D eigenvalue weighted by Crippen LogP contribution is -2.01. The normalized spacial score (nSPS) is 13.4. The van der Waals surface area contributed by atoms with Gasteiger partial charge < -0.3 is 5.32 Å². The van der Waals surface area contributed by atoms with Crippen LogP contribution in [-0.2, 0) is 19.4 Å². The van der Waals surface area contributed by atoms with Crippen LogP contribution in [0.2, 0.25) is 5.02 Å². The summed E-state index contributed by atoms with van der Waals surface area (Å²) in [5.74, 6) is 0. The van der Waals surface area contributed by atoms with Gasteiger partial charge in [0.2, 0.25) is 0 Å². The maximum Gasteiger partial charge on any atom is 0.0640 e. The zero-order valence-electron chi connectivity index (χ0n) is 11.2. The summed E-state index contributed by atoms with van der Waals surface area (Å²) in [7, 11) is 0. The van der Waals surface area contributed by atoms with Gasteiger partial charge in [-0.3, -0.25) is 0 Å². The number of hydrogen-bond donors (Lipinski definition) is 1. The van der Waals surface area contributed by atoms with Crippen LogP contribution in [0, 0.1) is 6.92 Å². The van der Waals surface area contributed by atoms with Crippen LogP contribution in [0.1, 0.15) is 28.7 Å². The third kappa shape index (κ3) is 2.76. The van der Waals surface area contributed by atoms with Gasteiger partial charge in [0, 0.05) is 6.54 Å². The molecule has 19 heavy (non-hydrogen) atoms. The molecule has 1 aliphatic carbocycles. The summed E-state index contributed by atoms with van der Waals surface area (Å²) in [6, 6.07) is 12.9. The zero-order valence-corrected chi connectivity index (χ0v) is 11.9. The summed E-state index contributed by atoms with van der Waals surface area (Å²) in [4.78, 5) is 0. The minimum Gasteiger partial charge on any atom is -0.380 e. The van der Waals surface area contributed by atoms with Gasteiger partial charge in [0.1, 0.15) is 0 Å². The van der Waals surface area contributed by atoms with Gasteiger partial charge in [0.15, 0.2) is 0 Å². The van der Waals surface area contributed by atoms with E-state index in [2.05, 4.69) is 36.5 Å². The van der Waals surface area contributed by atoms with Gasteiger partial charge in [-0.25, -0.2) is 0 Å². The number of nitrogens with one attached hydrogen (secondary N) is 1. The van der Waals surface area contributed by atoms with E-state index >= 15 is 0 Å². The summed E-state index contributed by atoms with van der Waals surface area (Å²) in [6.45, 7) is 2.88. The van der Waals surface area contributed by atoms with Gasteiger partial charge in [-0.05, 0) is 60.6 Å². The second-order valence-electron chi connectivity index (χ2n) is 5.29. The van der Waals surface area contributed by atoms with Crippen molar-refractivity contribution in [3.8, 4) is 0 Å². The molecule has 0 amide bonds. The van der Waals surface area contributed by atoms with Crippen LogP contribution in [0.4, 0.5) is 5.69 Å². The Bertz CT molecular complexity index is 604. The molecule has 0 spiro atoms. The minimum absolute atomic E-state index is 0.793. The number of benzene rings is 2. The Morgan fingerprint density at radius 3 is 2.74 bits per heavy atom. The van der Waals surface area contributed by atoms with Crippen molar-refractivity contribution in [1.82, 2.24) is 0 Å². The van der Waals surface area contributed by atoms with Crippen molar-refractivity contribution in [1.29, 1.82) is 0 Å². The highest BCUT2D eigenvalue weighted by Crippen LogP contribution is 2.25. The van der Waals surface area contributed by atoms with Crippen molar-refractivity contribution in [3.05, 3.63) is 63.7 Å². The monoisotopic (exact) mass is 271 g/mol. The maximum atomic E-state index is 6.23. The Kier molecular flexibility index (Phi) is 3.48. The Hall–Kier alpha value is -1.47. The van der Waals surface area contributed by atoms with Crippen molar-refractivity contribution >= 4 is 17.3 Å². The van der Waals surface area contributed by atoms with Gasteiger partial charge in [0.25, 0.3) is 0 Å². The third-order valence-corrected chi connectivity index (χ3v) is 4.08. The SMILES string of the molecule is Cc1ccc(NCc2ccc3c(c2)CCC3)c(Cl)c1. The molecule has 3 rings (SSSR count). The van der Waals surface area contributed by atoms with Crippen molar-refractivity contribution in [2.75, 3.05) is 5.32 Å². The quantitative estimate of drug-likeness (QED) is 0.849. The highest BCUT2D eigenvalue weighted by Gasteiger charge is 2.10. The molecule has 2 aromatic carbocycles. The first-order valence-electron chi connectivity index (χ1n) is 6.83. The van der Waals surface area contributed by atoms with Crippen LogP contribution in [0.3, 0.4) is 0 Å². The average Bonchev–Trinajstić information content (AvgIpc) is 2.85. The van der Waals surface area contributed by atoms with Crippen molar-refractivity contribution in [2.45, 2.75) is 32.7 Å². The number of hydrogen-bond acceptors (Lipinski definition) is 1. The largest absolute Gasteiger partial charge is 0.380 e. The van der Waals surface area contributed by atoms with Gasteiger partial charge in [-0.2, -0.15) is 0 Å². The summed E-state index contributed by atoms with van der Waals surface area (Å²) in [6.07, 6.45) is 3.78. The van der Waals surface area contributed by atoms with E-state index < -0.39 is 0 Å². The van der Waals surface area contributed by atoms with Crippen LogP contribution in [-0.4, -0.2) is 0 Å². The Morgan fingerprint density at radius 1 is 1.05 bits per heavy atom. The van der Waals surface area contributed by atoms with E-state index in [4.69, 9.17) is 11.6 Å². The molecule has 0 fully saturated rings. The number of rotatable bonds is 3. The van der Waals surface area contributed by atoms with E-state index in [0.29, 0.717) is 0 Å². The highest BCUT2D eigenvalue weighted by molar-refractivity contribution is 6.33. The molecule has 0 heterocycles. The molecule has 1 N–H and O–H groups in total. The predicted octanol–water partition coefficient (Wildman–Crippen LogP) is 4.75. The molecule has 2 aromatic rings. The maximum absolute atomic E-state index is 6.23. The van der Waals surface area contributed by atoms with Gasteiger partial charge in [0.05, 0.1) is 10.7 Å². The van der Waals surface area contributed by atoms with E-state index in [0.717, 1.165) is 17.3 Å². The van der Waals surface area contributed by atoms with Gasteiger partial charge in [-0.15, -0.1) is 0 Å². The lowest BCUT2D eigenvalue weighted by atomic mass is 10.1. The fourth-order valence-electron chi connectivity index (χ4n) is 2.70. The first kappa shape index (κ1) is 12.6. The average molecular weight is 272 g/mol. The second-order valence-corrected chi connectivity index (χ2v) is 5.70. The molecule has 0 unspecified atom stereocenters. The van der Waals surface area contributed by atoms with Crippen LogP contribution in [0.5, 0.6) is 0 Å². The van der Waals surface area contributed by atoms with E-state index in [-0.39, 0.29) is 0 Å². The van der Waals surface area contributed by atoms with Crippen molar-refractivity contribution in [3.63, 3.8) is 0 Å². The molecular weight excluding hydrogens is 254 g/mol. The smallest absolute Gasteiger partial charge is 0.0640 e. The molecule has 0 aromatic heterocycles. The lowest BCUT2D eigenvalue weighted by Gasteiger charge is -2.10. The minimum atomic E-state index is 0.793. The first-order valence-corrected chi connectivity index (χ1v) is 7.21. The van der Waals surface area contributed by atoms with Crippen molar-refractivity contribution < 1.29 is 0 Å². The predicted molar refractivity (Wildman–Crippen MR) is 82.0 cm³/mol. The Balaban J connectivity index is 1.72. The zero-order chi connectivity index (χ0) is 13.2. The summed E-state index contributed by atoms with van der Waals surface area (Å²) in [5, 5.41) is 4.21. The van der Waals surface area contributed by atoms with Crippen LogP contribution < -0.4 is 5.32 Å². The van der Waals surface area contributed by atoms with Crippen LogP contribution in [0.15, 0.2) is 36.4 Å². The number of fused-ring (bicyclic) bond motifs is 1. The number of anilines is 1. The lowest BCUT2D eigenvalue weighted by molar-refractivity contribution is 0.911. The number of halogens is 1. The van der Waals surface area contributed by atoms with Gasteiger partial charge in [-0.1, -0.05) is 35.9 Å². The summed E-state index contributed by atoms with van der Waals surface area (Å²) >= 11 is 6.23. The molecule has 98 valence electrons. The molecular formula is C17H18ClN. The molecule has 2 heteroatoms. The van der Waals surface area contributed by atoms with Crippen LogP contribution in [0.25, 0.3) is 0 Å². The first-order chi connectivity index (χ1) is 9.22. The Morgan fingerprint density at radius 2 is 1.89 bits per heavy atom. The molecule has 1 aliphatic rings. The summed E-state index contributed by atoms with van der Waals surface area (Å²) in [5.41, 5.74) is 6.57. The standard InChI is InChI=1S/C17H18ClN/c1-12-5-8-17(16(18)9-12)19-11-13-6-7-14-3-2-4-15(14)10-13/h5-10,19H,2-4,11H2,1H3.